The number of methoxy groups -OCH3 is 1. The maximum absolute atomic E-state index is 10.7. The second kappa shape index (κ2) is 4.74. The summed E-state index contributed by atoms with van der Waals surface area (Å²) < 4.78 is 4.93. The Labute approximate surface area is 82.3 Å². The molecule has 0 aliphatic rings. The fourth-order valence-corrected chi connectivity index (χ4v) is 1.18. The summed E-state index contributed by atoms with van der Waals surface area (Å²) in [5.74, 6) is -0.750. The summed E-state index contributed by atoms with van der Waals surface area (Å²) >= 11 is 0. The average molecular weight is 195 g/mol. The predicted molar refractivity (Wildman–Crippen MR) is 51.3 cm³/mol. The Morgan fingerprint density at radius 2 is 2.36 bits per heavy atom. The zero-order valence-corrected chi connectivity index (χ0v) is 7.93. The van der Waals surface area contributed by atoms with Gasteiger partial charge in [-0.25, -0.2) is 0 Å². The van der Waals surface area contributed by atoms with E-state index in [9.17, 15) is 9.90 Å². The highest BCUT2D eigenvalue weighted by Gasteiger charge is 2.13. The van der Waals surface area contributed by atoms with Crippen LogP contribution in [0.4, 0.5) is 0 Å². The summed E-state index contributed by atoms with van der Waals surface area (Å²) in [5.41, 5.74) is 6.36. The van der Waals surface area contributed by atoms with Gasteiger partial charge in [0, 0.05) is 7.11 Å². The topological polar surface area (TPSA) is 72.6 Å². The molecule has 0 aromatic heterocycles. The third kappa shape index (κ3) is 2.55. The summed E-state index contributed by atoms with van der Waals surface area (Å²) in [6.07, 6.45) is -1.24. The maximum atomic E-state index is 10.7. The Morgan fingerprint density at radius 3 is 2.93 bits per heavy atom. The summed E-state index contributed by atoms with van der Waals surface area (Å²) in [6, 6.07) is 6.93. The molecular weight excluding hydrogens is 182 g/mol. The van der Waals surface area contributed by atoms with Crippen molar-refractivity contribution in [3.63, 3.8) is 0 Å². The zero-order valence-electron chi connectivity index (χ0n) is 7.93. The molecule has 0 saturated carbocycles. The van der Waals surface area contributed by atoms with Crippen molar-refractivity contribution >= 4 is 5.91 Å². The molecule has 1 amide bonds. The Bertz CT molecular complexity index is 325. The van der Waals surface area contributed by atoms with Gasteiger partial charge in [-0.1, -0.05) is 24.3 Å². The number of aliphatic hydroxyl groups is 1. The number of carbonyl (C=O) groups excluding carboxylic acids is 1. The lowest BCUT2D eigenvalue weighted by atomic mass is 10.1. The van der Waals surface area contributed by atoms with E-state index in [1.165, 1.54) is 0 Å². The van der Waals surface area contributed by atoms with Crippen LogP contribution in [-0.4, -0.2) is 18.1 Å². The molecule has 4 nitrogen and oxygen atoms in total. The van der Waals surface area contributed by atoms with Crippen LogP contribution in [0.15, 0.2) is 24.3 Å². The third-order valence-corrected chi connectivity index (χ3v) is 1.85. The molecule has 0 heterocycles. The van der Waals surface area contributed by atoms with Crippen molar-refractivity contribution < 1.29 is 14.6 Å². The van der Waals surface area contributed by atoms with E-state index in [-0.39, 0.29) is 0 Å². The van der Waals surface area contributed by atoms with E-state index >= 15 is 0 Å². The Balaban J connectivity index is 2.87. The largest absolute Gasteiger partial charge is 0.380 e. The molecule has 0 fully saturated rings. The summed E-state index contributed by atoms with van der Waals surface area (Å²) in [7, 11) is 1.58. The number of hydrogen-bond acceptors (Lipinski definition) is 3. The van der Waals surface area contributed by atoms with Crippen molar-refractivity contribution in [2.45, 2.75) is 12.7 Å². The number of nitrogens with two attached hydrogens (primary N) is 1. The lowest BCUT2D eigenvalue weighted by Crippen LogP contribution is -2.20. The Kier molecular flexibility index (Phi) is 3.62. The molecule has 4 heteroatoms. The highest BCUT2D eigenvalue weighted by molar-refractivity contribution is 5.80. The molecule has 1 rings (SSSR count). The first-order valence-corrected chi connectivity index (χ1v) is 4.20. The predicted octanol–water partition coefficient (Wildman–Crippen LogP) is 0.352. The molecular formula is C10H13NO3. The van der Waals surface area contributed by atoms with E-state index in [2.05, 4.69) is 0 Å². The molecule has 0 saturated heterocycles. The van der Waals surface area contributed by atoms with E-state index in [4.69, 9.17) is 10.5 Å². The fourth-order valence-electron chi connectivity index (χ4n) is 1.18. The number of carbonyl (C=O) groups is 1. The monoisotopic (exact) mass is 195 g/mol. The molecule has 0 bridgehead atoms. The van der Waals surface area contributed by atoms with Gasteiger partial charge in [-0.2, -0.15) is 0 Å². The molecule has 1 aromatic rings. The minimum Gasteiger partial charge on any atom is -0.380 e. The molecule has 0 radical (unpaired) electrons. The molecule has 0 spiro atoms. The number of rotatable bonds is 4. The molecule has 3 N–H and O–H groups in total. The summed E-state index contributed by atoms with van der Waals surface area (Å²) in [4.78, 5) is 10.7. The molecule has 1 atom stereocenters. The quantitative estimate of drug-likeness (QED) is 0.728. The number of primary amides is 1. The number of benzene rings is 1. The van der Waals surface area contributed by atoms with Gasteiger partial charge in [-0.05, 0) is 11.1 Å². The molecule has 0 aliphatic carbocycles. The van der Waals surface area contributed by atoms with Crippen LogP contribution in [-0.2, 0) is 16.1 Å². The maximum Gasteiger partial charge on any atom is 0.250 e. The molecule has 0 aliphatic heterocycles. The number of aliphatic hydroxyl groups excluding tert-OH is 1. The number of hydrogen-bond donors (Lipinski definition) is 2. The smallest absolute Gasteiger partial charge is 0.250 e. The average Bonchev–Trinajstić information content (AvgIpc) is 2.17. The highest BCUT2D eigenvalue weighted by atomic mass is 16.5. The van der Waals surface area contributed by atoms with Crippen molar-refractivity contribution in [2.75, 3.05) is 7.11 Å². The van der Waals surface area contributed by atoms with E-state index in [1.807, 2.05) is 6.07 Å². The lowest BCUT2D eigenvalue weighted by Gasteiger charge is -2.08. The Hall–Kier alpha value is -1.39. The van der Waals surface area contributed by atoms with Crippen LogP contribution in [0.5, 0.6) is 0 Å². The van der Waals surface area contributed by atoms with Crippen molar-refractivity contribution in [2.24, 2.45) is 5.73 Å². The van der Waals surface area contributed by atoms with E-state index in [1.54, 1.807) is 25.3 Å². The van der Waals surface area contributed by atoms with E-state index in [0.717, 1.165) is 5.56 Å². The van der Waals surface area contributed by atoms with Gasteiger partial charge in [0.2, 0.25) is 0 Å². The van der Waals surface area contributed by atoms with Crippen molar-refractivity contribution in [1.29, 1.82) is 0 Å². The lowest BCUT2D eigenvalue weighted by molar-refractivity contribution is -0.126. The van der Waals surface area contributed by atoms with Crippen LogP contribution in [0.3, 0.4) is 0 Å². The van der Waals surface area contributed by atoms with E-state index in [0.29, 0.717) is 12.2 Å². The summed E-state index contributed by atoms with van der Waals surface area (Å²) in [6.45, 7) is 0.444. The standard InChI is InChI=1S/C10H13NO3/c1-14-6-7-3-2-4-8(5-7)9(12)10(11)13/h2-5,9,12H,6H2,1H3,(H2,11,13). The number of ether oxygens (including phenoxy) is 1. The van der Waals surface area contributed by atoms with Crippen molar-refractivity contribution in [3.05, 3.63) is 35.4 Å². The Morgan fingerprint density at radius 1 is 1.64 bits per heavy atom. The van der Waals surface area contributed by atoms with Gasteiger partial charge in [-0.15, -0.1) is 0 Å². The van der Waals surface area contributed by atoms with Gasteiger partial charge in [0.15, 0.2) is 6.10 Å². The van der Waals surface area contributed by atoms with Gasteiger partial charge in [0.1, 0.15) is 0 Å². The van der Waals surface area contributed by atoms with Crippen LogP contribution >= 0.6 is 0 Å². The SMILES string of the molecule is COCc1cccc(C(O)C(N)=O)c1. The first-order chi connectivity index (χ1) is 6.65. The third-order valence-electron chi connectivity index (χ3n) is 1.85. The van der Waals surface area contributed by atoms with Gasteiger partial charge in [-0.3, -0.25) is 4.79 Å². The van der Waals surface area contributed by atoms with Crippen molar-refractivity contribution in [1.82, 2.24) is 0 Å². The first kappa shape index (κ1) is 10.7. The second-order valence-electron chi connectivity index (χ2n) is 2.98. The van der Waals surface area contributed by atoms with Gasteiger partial charge in [0.05, 0.1) is 6.61 Å². The minimum absolute atomic E-state index is 0.444. The fraction of sp³-hybridized carbons (Fsp3) is 0.300. The van der Waals surface area contributed by atoms with Crippen LogP contribution in [0.1, 0.15) is 17.2 Å². The normalized spacial score (nSPS) is 12.4. The summed E-state index contributed by atoms with van der Waals surface area (Å²) in [5, 5.41) is 9.38. The zero-order chi connectivity index (χ0) is 10.6. The minimum atomic E-state index is -1.24. The molecule has 76 valence electrons. The van der Waals surface area contributed by atoms with Gasteiger partial charge in [0.25, 0.3) is 5.91 Å². The van der Waals surface area contributed by atoms with Gasteiger partial charge >= 0.3 is 0 Å². The van der Waals surface area contributed by atoms with Crippen LogP contribution in [0.2, 0.25) is 0 Å². The van der Waals surface area contributed by atoms with Crippen LogP contribution in [0, 0.1) is 0 Å². The van der Waals surface area contributed by atoms with E-state index < -0.39 is 12.0 Å². The van der Waals surface area contributed by atoms with Gasteiger partial charge < -0.3 is 15.6 Å². The molecule has 1 aromatic carbocycles. The number of amides is 1. The van der Waals surface area contributed by atoms with Crippen molar-refractivity contribution in [3.8, 4) is 0 Å². The molecule has 1 unspecified atom stereocenters. The molecule has 14 heavy (non-hydrogen) atoms. The van der Waals surface area contributed by atoms with Crippen LogP contribution in [0.25, 0.3) is 0 Å². The first-order valence-electron chi connectivity index (χ1n) is 4.20. The highest BCUT2D eigenvalue weighted by Crippen LogP contribution is 2.14. The van der Waals surface area contributed by atoms with Crippen LogP contribution < -0.4 is 5.73 Å². The second-order valence-corrected chi connectivity index (χ2v) is 2.98.